The highest BCUT2D eigenvalue weighted by molar-refractivity contribution is 8.14. The molecule has 1 unspecified atom stereocenters. The van der Waals surface area contributed by atoms with Crippen LogP contribution in [0.15, 0.2) is 34.1 Å². The number of thioether (sulfide) groups is 1. The third-order valence-corrected chi connectivity index (χ3v) is 3.56. The number of furan rings is 1. The zero-order valence-electron chi connectivity index (χ0n) is 11.0. The van der Waals surface area contributed by atoms with E-state index in [0.29, 0.717) is 17.0 Å². The molecule has 1 aliphatic heterocycles. The lowest BCUT2D eigenvalue weighted by Crippen LogP contribution is -2.44. The first kappa shape index (κ1) is 13.7. The number of urea groups is 1. The van der Waals surface area contributed by atoms with Crippen molar-refractivity contribution >= 4 is 22.9 Å². The summed E-state index contributed by atoms with van der Waals surface area (Å²) in [6.45, 7) is 5.63. The smallest absolute Gasteiger partial charge is 0.319 e. The van der Waals surface area contributed by atoms with Crippen molar-refractivity contribution in [1.82, 2.24) is 10.6 Å². The maximum atomic E-state index is 12.3. The van der Waals surface area contributed by atoms with Gasteiger partial charge in [0.05, 0.1) is 11.8 Å². The fraction of sp³-hybridized carbons (Fsp3) is 0.385. The van der Waals surface area contributed by atoms with Crippen LogP contribution in [0.2, 0.25) is 0 Å². The van der Waals surface area contributed by atoms with Crippen molar-refractivity contribution in [3.8, 4) is 0 Å². The Morgan fingerprint density at radius 3 is 2.79 bits per heavy atom. The SMILES string of the molecule is CC1=C(C(=O)SC(C)C)C(c2ccco2)NC(=O)N1. The Morgan fingerprint density at radius 2 is 2.21 bits per heavy atom. The van der Waals surface area contributed by atoms with Gasteiger partial charge in [-0.25, -0.2) is 4.79 Å². The lowest BCUT2D eigenvalue weighted by atomic mass is 10.0. The maximum Gasteiger partial charge on any atom is 0.319 e. The Morgan fingerprint density at radius 1 is 1.47 bits per heavy atom. The van der Waals surface area contributed by atoms with Crippen LogP contribution in [0.3, 0.4) is 0 Å². The standard InChI is InChI=1S/C13H16N2O3S/c1-7(2)19-12(16)10-8(3)14-13(17)15-11(10)9-5-4-6-18-9/h4-7,11H,1-3H3,(H2,14,15,17). The molecule has 2 N–H and O–H groups in total. The van der Waals surface area contributed by atoms with Gasteiger partial charge in [-0.2, -0.15) is 0 Å². The molecule has 2 heterocycles. The van der Waals surface area contributed by atoms with Crippen LogP contribution in [0.4, 0.5) is 4.79 Å². The van der Waals surface area contributed by atoms with Crippen molar-refractivity contribution in [3.05, 3.63) is 35.4 Å². The molecule has 5 nitrogen and oxygen atoms in total. The molecule has 1 aliphatic rings. The van der Waals surface area contributed by atoms with Crippen LogP contribution in [-0.2, 0) is 4.79 Å². The van der Waals surface area contributed by atoms with Gasteiger partial charge < -0.3 is 15.1 Å². The average Bonchev–Trinajstić information content (AvgIpc) is 2.79. The van der Waals surface area contributed by atoms with Crippen LogP contribution in [0.25, 0.3) is 0 Å². The largest absolute Gasteiger partial charge is 0.467 e. The second-order valence-electron chi connectivity index (χ2n) is 4.54. The van der Waals surface area contributed by atoms with Crippen LogP contribution >= 0.6 is 11.8 Å². The lowest BCUT2D eigenvalue weighted by molar-refractivity contribution is -0.108. The van der Waals surface area contributed by atoms with Crippen molar-refractivity contribution in [2.24, 2.45) is 0 Å². The zero-order chi connectivity index (χ0) is 14.0. The Balaban J connectivity index is 2.36. The highest BCUT2D eigenvalue weighted by Crippen LogP contribution is 2.31. The fourth-order valence-corrected chi connectivity index (χ4v) is 2.74. The summed E-state index contributed by atoms with van der Waals surface area (Å²) in [5.41, 5.74) is 1.11. The van der Waals surface area contributed by atoms with Crippen molar-refractivity contribution < 1.29 is 14.0 Å². The van der Waals surface area contributed by atoms with E-state index in [1.165, 1.54) is 18.0 Å². The molecule has 6 heteroatoms. The van der Waals surface area contributed by atoms with Crippen LogP contribution < -0.4 is 10.6 Å². The van der Waals surface area contributed by atoms with E-state index in [9.17, 15) is 9.59 Å². The van der Waals surface area contributed by atoms with E-state index in [0.717, 1.165) is 0 Å². The van der Waals surface area contributed by atoms with Crippen molar-refractivity contribution in [3.63, 3.8) is 0 Å². The highest BCUT2D eigenvalue weighted by Gasteiger charge is 2.33. The molecule has 1 aromatic rings. The molecule has 0 aliphatic carbocycles. The quantitative estimate of drug-likeness (QED) is 0.892. The molecule has 1 aromatic heterocycles. The van der Waals surface area contributed by atoms with Gasteiger partial charge in [-0.05, 0) is 19.1 Å². The topological polar surface area (TPSA) is 71.3 Å². The second kappa shape index (κ2) is 5.52. The van der Waals surface area contributed by atoms with E-state index in [4.69, 9.17) is 4.42 Å². The lowest BCUT2D eigenvalue weighted by Gasteiger charge is -2.26. The number of carbonyl (C=O) groups excluding carboxylic acids is 2. The van der Waals surface area contributed by atoms with Gasteiger partial charge in [0.15, 0.2) is 0 Å². The summed E-state index contributed by atoms with van der Waals surface area (Å²) in [4.78, 5) is 23.9. The summed E-state index contributed by atoms with van der Waals surface area (Å²) in [5, 5.41) is 5.48. The van der Waals surface area contributed by atoms with Crippen molar-refractivity contribution in [1.29, 1.82) is 0 Å². The summed E-state index contributed by atoms with van der Waals surface area (Å²) in [6, 6.07) is 2.63. The van der Waals surface area contributed by atoms with Gasteiger partial charge in [-0.1, -0.05) is 25.6 Å². The van der Waals surface area contributed by atoms with Crippen molar-refractivity contribution in [2.45, 2.75) is 32.1 Å². The van der Waals surface area contributed by atoms with Crippen LogP contribution in [0.1, 0.15) is 32.6 Å². The molecule has 19 heavy (non-hydrogen) atoms. The number of nitrogens with one attached hydrogen (secondary N) is 2. The number of amides is 2. The van der Waals surface area contributed by atoms with Gasteiger partial charge >= 0.3 is 6.03 Å². The normalized spacial score (nSPS) is 19.4. The summed E-state index contributed by atoms with van der Waals surface area (Å²) >= 11 is 1.24. The summed E-state index contributed by atoms with van der Waals surface area (Å²) in [6.07, 6.45) is 1.52. The number of rotatable bonds is 3. The Hall–Kier alpha value is -1.69. The molecule has 0 bridgehead atoms. The van der Waals surface area contributed by atoms with Gasteiger partial charge in [0.25, 0.3) is 0 Å². The van der Waals surface area contributed by atoms with Gasteiger partial charge in [0, 0.05) is 10.9 Å². The van der Waals surface area contributed by atoms with Gasteiger partial charge in [0.2, 0.25) is 5.12 Å². The molecule has 1 atom stereocenters. The molecule has 0 saturated carbocycles. The molecule has 0 fully saturated rings. The van der Waals surface area contributed by atoms with E-state index in [-0.39, 0.29) is 16.4 Å². The molecule has 0 spiro atoms. The van der Waals surface area contributed by atoms with Crippen LogP contribution in [-0.4, -0.2) is 16.4 Å². The van der Waals surface area contributed by atoms with E-state index < -0.39 is 6.04 Å². The minimum atomic E-state index is -0.525. The number of carbonyl (C=O) groups is 2. The first-order valence-electron chi connectivity index (χ1n) is 6.01. The van der Waals surface area contributed by atoms with E-state index in [1.54, 1.807) is 19.1 Å². The molecule has 2 amide bonds. The predicted molar refractivity (Wildman–Crippen MR) is 73.6 cm³/mol. The number of hydrogen-bond acceptors (Lipinski definition) is 4. The minimum absolute atomic E-state index is 0.0543. The van der Waals surface area contributed by atoms with E-state index in [2.05, 4.69) is 10.6 Å². The molecule has 0 saturated heterocycles. The summed E-state index contributed by atoms with van der Waals surface area (Å²) in [5.74, 6) is 0.557. The molecular weight excluding hydrogens is 264 g/mol. The van der Waals surface area contributed by atoms with Crippen LogP contribution in [0, 0.1) is 0 Å². The number of hydrogen-bond donors (Lipinski definition) is 2. The average molecular weight is 280 g/mol. The summed E-state index contributed by atoms with van der Waals surface area (Å²) in [7, 11) is 0. The molecule has 102 valence electrons. The Bertz CT molecular complexity index is 520. The third kappa shape index (κ3) is 3.01. The zero-order valence-corrected chi connectivity index (χ0v) is 11.8. The molecular formula is C13H16N2O3S. The second-order valence-corrected chi connectivity index (χ2v) is 6.09. The van der Waals surface area contributed by atoms with Gasteiger partial charge in [-0.3, -0.25) is 4.79 Å². The van der Waals surface area contributed by atoms with E-state index in [1.807, 2.05) is 13.8 Å². The van der Waals surface area contributed by atoms with Gasteiger partial charge in [-0.15, -0.1) is 0 Å². The Kier molecular flexibility index (Phi) is 3.99. The predicted octanol–water partition coefficient (Wildman–Crippen LogP) is 2.58. The molecule has 0 aromatic carbocycles. The Labute approximate surface area is 115 Å². The molecule has 2 rings (SSSR count). The first-order chi connectivity index (χ1) is 8.99. The number of allylic oxidation sites excluding steroid dienone is 1. The van der Waals surface area contributed by atoms with Crippen molar-refractivity contribution in [2.75, 3.05) is 0 Å². The highest BCUT2D eigenvalue weighted by atomic mass is 32.2. The summed E-state index contributed by atoms with van der Waals surface area (Å²) < 4.78 is 5.32. The fourth-order valence-electron chi connectivity index (χ4n) is 1.91. The molecule has 0 radical (unpaired) electrons. The van der Waals surface area contributed by atoms with E-state index >= 15 is 0 Å². The third-order valence-electron chi connectivity index (χ3n) is 2.66. The van der Waals surface area contributed by atoms with Crippen LogP contribution in [0.5, 0.6) is 0 Å². The minimum Gasteiger partial charge on any atom is -0.467 e. The maximum absolute atomic E-state index is 12.3. The van der Waals surface area contributed by atoms with Gasteiger partial charge in [0.1, 0.15) is 11.8 Å². The first-order valence-corrected chi connectivity index (χ1v) is 6.89. The monoisotopic (exact) mass is 280 g/mol.